The van der Waals surface area contributed by atoms with Crippen molar-refractivity contribution >= 4 is 84.9 Å². The van der Waals surface area contributed by atoms with Crippen LogP contribution >= 0.6 is 57.3 Å². The number of aromatic nitrogens is 1. The number of carbonyl (C=O) groups is 4. The molecule has 1 aromatic rings. The number of esters is 3. The molecular formula is C39H61N3O10S5. The predicted octanol–water partition coefficient (Wildman–Crippen LogP) is 8.44. The van der Waals surface area contributed by atoms with E-state index in [1.165, 1.54) is 40.5 Å². The van der Waals surface area contributed by atoms with Crippen LogP contribution in [0.25, 0.3) is 4.85 Å². The molecule has 18 heteroatoms. The minimum atomic E-state index is -1.50. The van der Waals surface area contributed by atoms with E-state index in [4.69, 9.17) is 47.2 Å². The van der Waals surface area contributed by atoms with Gasteiger partial charge in [0.05, 0.1) is 30.7 Å². The first-order valence-corrected chi connectivity index (χ1v) is 23.2. The van der Waals surface area contributed by atoms with Crippen LogP contribution < -0.4 is 5.32 Å². The fourth-order valence-corrected chi connectivity index (χ4v) is 10.7. The lowest BCUT2D eigenvalue weighted by Gasteiger charge is -2.41. The van der Waals surface area contributed by atoms with E-state index in [2.05, 4.69) is 15.1 Å². The first-order chi connectivity index (χ1) is 26.7. The highest BCUT2D eigenvalue weighted by molar-refractivity contribution is 8.76. The molecule has 0 bridgehead atoms. The van der Waals surface area contributed by atoms with Crippen LogP contribution in [0, 0.1) is 17.4 Å². The zero-order chi connectivity index (χ0) is 43.2. The largest absolute Gasteiger partial charge is 0.464 e. The molecule has 0 aliphatic heterocycles. The summed E-state index contributed by atoms with van der Waals surface area (Å²) in [7, 11) is 4.44. The zero-order valence-corrected chi connectivity index (χ0v) is 39.1. The Morgan fingerprint density at radius 2 is 1.47 bits per heavy atom. The van der Waals surface area contributed by atoms with E-state index in [0.29, 0.717) is 21.5 Å². The lowest BCUT2D eigenvalue weighted by Crippen LogP contribution is -2.48. The van der Waals surface area contributed by atoms with Crippen LogP contribution in [0.15, 0.2) is 29.4 Å². The summed E-state index contributed by atoms with van der Waals surface area (Å²) in [6, 6.07) is 5.62. The number of thioether (sulfide) groups is 2. The maximum absolute atomic E-state index is 14.4. The molecule has 0 aromatic carbocycles. The molecule has 0 fully saturated rings. The van der Waals surface area contributed by atoms with Crippen LogP contribution in [-0.2, 0) is 42.8 Å². The van der Waals surface area contributed by atoms with E-state index < -0.39 is 50.7 Å². The van der Waals surface area contributed by atoms with Gasteiger partial charge in [-0.2, -0.15) is 0 Å². The molecule has 0 aliphatic carbocycles. The summed E-state index contributed by atoms with van der Waals surface area (Å²) in [6.07, 6.45) is 1.41. The molecule has 57 heavy (non-hydrogen) atoms. The first kappa shape index (κ1) is 52.7. The Kier molecular flexibility index (Phi) is 24.1. The molecule has 13 nitrogen and oxygen atoms in total. The number of ether oxygens (including phenoxy) is 6. The van der Waals surface area contributed by atoms with Gasteiger partial charge in [0.2, 0.25) is 5.54 Å². The fourth-order valence-electron chi connectivity index (χ4n) is 5.81. The van der Waals surface area contributed by atoms with Crippen LogP contribution in [-0.4, -0.2) is 113 Å². The van der Waals surface area contributed by atoms with Crippen LogP contribution in [0.2, 0.25) is 0 Å². The van der Waals surface area contributed by atoms with Crippen molar-refractivity contribution in [1.82, 2.24) is 10.3 Å². The average Bonchev–Trinajstić information content (AvgIpc) is 3.13. The van der Waals surface area contributed by atoms with Gasteiger partial charge < -0.3 is 38.6 Å². The quantitative estimate of drug-likeness (QED) is 0.0236. The van der Waals surface area contributed by atoms with Gasteiger partial charge in [0.25, 0.3) is 0 Å². The summed E-state index contributed by atoms with van der Waals surface area (Å²) in [4.78, 5) is 62.6. The number of carbonyl (C=O) groups excluding carboxylic acids is 4. The Morgan fingerprint density at radius 1 is 0.842 bits per heavy atom. The van der Waals surface area contributed by atoms with Crippen molar-refractivity contribution in [3.63, 3.8) is 0 Å². The Balaban J connectivity index is 3.43. The number of thiocarbonyl (C=S) groups is 1. The normalized spacial score (nSPS) is 15.7. The number of rotatable bonds is 26. The minimum absolute atomic E-state index is 0.0129. The number of amides is 1. The van der Waals surface area contributed by atoms with Crippen molar-refractivity contribution in [2.45, 2.75) is 109 Å². The minimum Gasteiger partial charge on any atom is -0.464 e. The van der Waals surface area contributed by atoms with Crippen molar-refractivity contribution in [2.75, 3.05) is 64.8 Å². The monoisotopic (exact) mass is 891 g/mol. The smallest absolute Gasteiger partial charge is 0.407 e. The number of hydrogen-bond donors (Lipinski definition) is 1. The Morgan fingerprint density at radius 3 is 2.05 bits per heavy atom. The fraction of sp³-hybridized carbons (Fsp3) is 0.718. The summed E-state index contributed by atoms with van der Waals surface area (Å²) >= 11 is 8.16. The number of nitrogens with one attached hydrogen (secondary N) is 1. The number of alkyl carbamates (subject to hydrolysis) is 1. The lowest BCUT2D eigenvalue weighted by atomic mass is 9.65. The van der Waals surface area contributed by atoms with Crippen molar-refractivity contribution in [3.8, 4) is 0 Å². The highest BCUT2D eigenvalue weighted by Gasteiger charge is 2.55. The van der Waals surface area contributed by atoms with Crippen LogP contribution in [0.4, 0.5) is 4.79 Å². The molecule has 4 atom stereocenters. The second-order valence-corrected chi connectivity index (χ2v) is 21.6. The van der Waals surface area contributed by atoms with Gasteiger partial charge in [-0.1, -0.05) is 54.7 Å². The topological polar surface area (TPSA) is 153 Å². The number of nitrogens with zero attached hydrogens (tertiary/aromatic N) is 2. The van der Waals surface area contributed by atoms with Crippen molar-refractivity contribution in [1.29, 1.82) is 0 Å². The average molecular weight is 892 g/mol. The second kappa shape index (κ2) is 26.0. The van der Waals surface area contributed by atoms with Crippen molar-refractivity contribution in [3.05, 3.63) is 35.8 Å². The van der Waals surface area contributed by atoms with Gasteiger partial charge in [-0.25, -0.2) is 16.4 Å². The SMILES string of the molecule is [C-]#[N+]C(C)(CC)CC(C)(CC(C)(CC(C)(SC(=S)SCC)C(=O)OCCOC)C(=O)OCCOCCNC(=O)OC(C)(C)C)C(=O)OCCSSc1ccccn1. The molecule has 0 radical (unpaired) electrons. The summed E-state index contributed by atoms with van der Waals surface area (Å²) in [6.45, 7) is 24.4. The third-order valence-electron chi connectivity index (χ3n) is 8.38. The maximum Gasteiger partial charge on any atom is 0.407 e. The molecule has 0 saturated carbocycles. The van der Waals surface area contributed by atoms with E-state index >= 15 is 0 Å². The van der Waals surface area contributed by atoms with Gasteiger partial charge in [-0.05, 0) is 83.1 Å². The van der Waals surface area contributed by atoms with E-state index in [-0.39, 0.29) is 65.4 Å². The standard InChI is InChI=1S/C39H61N3O10S5/c1-12-38(8,40-10)27-36(6,30(43)51-24-25-55-57-29-16-14-15-17-41-29)26-37(7,28-39(9,56-34(53)54-13-2)32(45)50-22-20-47-11)31(44)49-23-21-48-19-18-42-33(46)52-35(3,4)5/h14-17H,12-13,18-28H2,1-9,11H3,(H,42,46). The van der Waals surface area contributed by atoms with E-state index in [0.717, 1.165) is 16.8 Å². The Hall–Kier alpha value is -2.27. The van der Waals surface area contributed by atoms with Crippen molar-refractivity contribution < 1.29 is 47.6 Å². The zero-order valence-electron chi connectivity index (χ0n) is 35.0. The van der Waals surface area contributed by atoms with E-state index in [1.54, 1.807) is 54.7 Å². The van der Waals surface area contributed by atoms with Gasteiger partial charge in [-0.15, -0.1) is 11.8 Å². The predicted molar refractivity (Wildman–Crippen MR) is 234 cm³/mol. The number of hydrogen-bond acceptors (Lipinski definition) is 16. The highest BCUT2D eigenvalue weighted by atomic mass is 33.1. The molecule has 0 aliphatic rings. The van der Waals surface area contributed by atoms with E-state index in [9.17, 15) is 19.2 Å². The van der Waals surface area contributed by atoms with E-state index in [1.807, 2.05) is 32.0 Å². The van der Waals surface area contributed by atoms with Crippen LogP contribution in [0.1, 0.15) is 88.0 Å². The molecule has 0 saturated heterocycles. The summed E-state index contributed by atoms with van der Waals surface area (Å²) < 4.78 is 32.4. The molecule has 1 aromatic heterocycles. The molecule has 1 rings (SSSR count). The molecule has 322 valence electrons. The Bertz CT molecular complexity index is 1480. The number of methoxy groups -OCH3 is 1. The second-order valence-electron chi connectivity index (χ2n) is 15.1. The molecule has 0 spiro atoms. The van der Waals surface area contributed by atoms with Crippen LogP contribution in [0.3, 0.4) is 0 Å². The summed E-state index contributed by atoms with van der Waals surface area (Å²) in [5.41, 5.74) is -4.46. The molecule has 1 amide bonds. The lowest BCUT2D eigenvalue weighted by molar-refractivity contribution is -0.167. The Labute approximate surface area is 361 Å². The molecule has 4 unspecified atom stereocenters. The summed E-state index contributed by atoms with van der Waals surface area (Å²) in [5, 5.41) is 3.43. The maximum atomic E-state index is 14.4. The third kappa shape index (κ3) is 20.5. The van der Waals surface area contributed by atoms with Crippen molar-refractivity contribution in [2.24, 2.45) is 10.8 Å². The highest BCUT2D eigenvalue weighted by Crippen LogP contribution is 2.50. The third-order valence-corrected chi connectivity index (χ3v) is 13.3. The van der Waals surface area contributed by atoms with Crippen LogP contribution in [0.5, 0.6) is 0 Å². The van der Waals surface area contributed by atoms with Gasteiger partial charge in [0.1, 0.15) is 38.7 Å². The van der Waals surface area contributed by atoms with Gasteiger partial charge in [-0.3, -0.25) is 14.4 Å². The van der Waals surface area contributed by atoms with Gasteiger partial charge >= 0.3 is 24.0 Å². The first-order valence-electron chi connectivity index (χ1n) is 18.7. The number of pyridine rings is 1. The van der Waals surface area contributed by atoms with Gasteiger partial charge in [0, 0.05) is 45.4 Å². The molecular weight excluding hydrogens is 831 g/mol. The summed E-state index contributed by atoms with van der Waals surface area (Å²) in [5.74, 6) is -0.705. The molecule has 1 heterocycles. The van der Waals surface area contributed by atoms with Gasteiger partial charge in [0.15, 0.2) is 0 Å². The molecule has 1 N–H and O–H groups in total.